The van der Waals surface area contributed by atoms with Gasteiger partial charge in [0.05, 0.1) is 30.1 Å². The highest BCUT2D eigenvalue weighted by Crippen LogP contribution is 2.37. The highest BCUT2D eigenvalue weighted by molar-refractivity contribution is 6.03. The minimum Gasteiger partial charge on any atom is -0.463 e. The van der Waals surface area contributed by atoms with E-state index in [0.717, 1.165) is 0 Å². The molecule has 0 radical (unpaired) electrons. The molecule has 0 unspecified atom stereocenters. The molecule has 0 spiro atoms. The zero-order chi connectivity index (χ0) is 19.3. The van der Waals surface area contributed by atoms with Crippen LogP contribution in [0.2, 0.25) is 0 Å². The van der Waals surface area contributed by atoms with Crippen LogP contribution < -0.4 is 5.32 Å². The highest BCUT2D eigenvalue weighted by Gasteiger charge is 2.37. The maximum absolute atomic E-state index is 13.3. The van der Waals surface area contributed by atoms with Gasteiger partial charge in [-0.3, -0.25) is 0 Å². The van der Waals surface area contributed by atoms with Crippen LogP contribution >= 0.6 is 0 Å². The molecule has 5 nitrogen and oxygen atoms in total. The normalized spacial score (nSPS) is 17.0. The molecule has 1 N–H and O–H groups in total. The number of nitrogens with one attached hydrogen (secondary N) is 1. The number of esters is 2. The van der Waals surface area contributed by atoms with Gasteiger partial charge < -0.3 is 14.8 Å². The predicted molar refractivity (Wildman–Crippen MR) is 96.2 cm³/mol. The first-order valence-electron chi connectivity index (χ1n) is 8.76. The third kappa shape index (κ3) is 3.95. The molecule has 1 aliphatic heterocycles. The topological polar surface area (TPSA) is 64.6 Å². The van der Waals surface area contributed by atoms with Gasteiger partial charge in [0.2, 0.25) is 0 Å². The Morgan fingerprint density at radius 2 is 1.54 bits per heavy atom. The van der Waals surface area contributed by atoms with Crippen molar-refractivity contribution in [2.24, 2.45) is 5.92 Å². The van der Waals surface area contributed by atoms with Gasteiger partial charge in [-0.2, -0.15) is 0 Å². The second-order valence-electron chi connectivity index (χ2n) is 5.86. The Morgan fingerprint density at radius 1 is 1.00 bits per heavy atom. The molecular weight excluding hydrogens is 337 g/mol. The SMILES string of the molecule is CCOC(=O)C1=C(C)NC(c2ccc(F)cc2)=C(C(=O)OCC)[C@@H]1CC. The van der Waals surface area contributed by atoms with E-state index in [1.165, 1.54) is 12.1 Å². The summed E-state index contributed by atoms with van der Waals surface area (Å²) in [5, 5.41) is 3.13. The Labute approximate surface area is 152 Å². The monoisotopic (exact) mass is 361 g/mol. The van der Waals surface area contributed by atoms with Crippen LogP contribution in [0.3, 0.4) is 0 Å². The van der Waals surface area contributed by atoms with Gasteiger partial charge in [0.25, 0.3) is 0 Å². The fourth-order valence-corrected chi connectivity index (χ4v) is 3.11. The molecule has 1 aromatic rings. The standard InChI is InChI=1S/C20H24FNO4/c1-5-15-16(19(23)25-6-2)12(4)22-18(17(15)20(24)26-7-3)13-8-10-14(21)11-9-13/h8-11,15,22H,5-7H2,1-4H3/t15-/m1/s1. The Balaban J connectivity index is 2.60. The number of halogens is 1. The van der Waals surface area contributed by atoms with Crippen molar-refractivity contribution >= 4 is 17.6 Å². The largest absolute Gasteiger partial charge is 0.463 e. The molecule has 1 atom stereocenters. The molecule has 0 bridgehead atoms. The highest BCUT2D eigenvalue weighted by atomic mass is 19.1. The second kappa shape index (κ2) is 8.65. The molecule has 26 heavy (non-hydrogen) atoms. The summed E-state index contributed by atoms with van der Waals surface area (Å²) in [6.07, 6.45) is 0.520. The first kappa shape index (κ1) is 19.7. The van der Waals surface area contributed by atoms with Crippen molar-refractivity contribution in [2.75, 3.05) is 13.2 Å². The van der Waals surface area contributed by atoms with E-state index in [2.05, 4.69) is 5.32 Å². The average molecular weight is 361 g/mol. The number of carbonyl (C=O) groups is 2. The molecule has 1 heterocycles. The zero-order valence-electron chi connectivity index (χ0n) is 15.5. The Morgan fingerprint density at radius 3 is 2.04 bits per heavy atom. The zero-order valence-corrected chi connectivity index (χ0v) is 15.5. The van der Waals surface area contributed by atoms with Crippen molar-refractivity contribution < 1.29 is 23.5 Å². The van der Waals surface area contributed by atoms with Crippen molar-refractivity contribution in [3.8, 4) is 0 Å². The van der Waals surface area contributed by atoms with Crippen LogP contribution in [0, 0.1) is 11.7 Å². The van der Waals surface area contributed by atoms with Crippen molar-refractivity contribution in [2.45, 2.75) is 34.1 Å². The average Bonchev–Trinajstić information content (AvgIpc) is 2.61. The molecule has 1 aliphatic rings. The molecule has 0 fully saturated rings. The summed E-state index contributed by atoms with van der Waals surface area (Å²) in [5.74, 6) is -1.78. The van der Waals surface area contributed by atoms with Gasteiger partial charge >= 0.3 is 11.9 Å². The van der Waals surface area contributed by atoms with Crippen LogP contribution in [0.25, 0.3) is 5.70 Å². The van der Waals surface area contributed by atoms with Gasteiger partial charge in [0.1, 0.15) is 5.82 Å². The third-order valence-electron chi connectivity index (χ3n) is 4.21. The van der Waals surface area contributed by atoms with Crippen molar-refractivity contribution in [1.82, 2.24) is 5.32 Å². The van der Waals surface area contributed by atoms with Crippen LogP contribution in [0.4, 0.5) is 4.39 Å². The second-order valence-corrected chi connectivity index (χ2v) is 5.86. The van der Waals surface area contributed by atoms with E-state index in [4.69, 9.17) is 9.47 Å². The Hall–Kier alpha value is -2.63. The van der Waals surface area contributed by atoms with Gasteiger partial charge in [-0.1, -0.05) is 6.92 Å². The number of dihydropyridines is 1. The molecule has 0 aromatic heterocycles. The van der Waals surface area contributed by atoms with Gasteiger partial charge in [0, 0.05) is 11.6 Å². The van der Waals surface area contributed by atoms with Gasteiger partial charge in [-0.05, 0) is 57.0 Å². The van der Waals surface area contributed by atoms with Crippen LogP contribution in [0.1, 0.15) is 39.7 Å². The first-order valence-corrected chi connectivity index (χ1v) is 8.76. The van der Waals surface area contributed by atoms with Crippen molar-refractivity contribution in [3.63, 3.8) is 0 Å². The lowest BCUT2D eigenvalue weighted by atomic mass is 9.82. The Bertz CT molecular complexity index is 750. The van der Waals surface area contributed by atoms with Crippen LogP contribution in [-0.2, 0) is 19.1 Å². The molecule has 0 amide bonds. The van der Waals surface area contributed by atoms with Gasteiger partial charge in [-0.25, -0.2) is 14.0 Å². The summed E-state index contributed by atoms with van der Waals surface area (Å²) < 4.78 is 23.7. The van der Waals surface area contributed by atoms with Gasteiger partial charge in [0.15, 0.2) is 0 Å². The maximum Gasteiger partial charge on any atom is 0.336 e. The summed E-state index contributed by atoms with van der Waals surface area (Å²) in [7, 11) is 0. The quantitative estimate of drug-likeness (QED) is 0.785. The fourth-order valence-electron chi connectivity index (χ4n) is 3.11. The maximum atomic E-state index is 13.3. The van der Waals surface area contributed by atoms with Crippen molar-refractivity contribution in [1.29, 1.82) is 0 Å². The van der Waals surface area contributed by atoms with Crippen LogP contribution in [-0.4, -0.2) is 25.2 Å². The van der Waals surface area contributed by atoms with Gasteiger partial charge in [-0.15, -0.1) is 0 Å². The van der Waals surface area contributed by atoms with E-state index in [0.29, 0.717) is 34.5 Å². The number of benzene rings is 1. The summed E-state index contributed by atoms with van der Waals surface area (Å²) in [6.45, 7) is 7.57. The molecule has 2 rings (SSSR count). The molecule has 1 aromatic carbocycles. The van der Waals surface area contributed by atoms with E-state index < -0.39 is 17.9 Å². The van der Waals surface area contributed by atoms with Crippen LogP contribution in [0.15, 0.2) is 41.1 Å². The molecular formula is C20H24FNO4. The minimum atomic E-state index is -0.500. The van der Waals surface area contributed by atoms with E-state index in [9.17, 15) is 14.0 Å². The minimum absolute atomic E-state index is 0.215. The summed E-state index contributed by atoms with van der Waals surface area (Å²) in [5.41, 5.74) is 2.57. The summed E-state index contributed by atoms with van der Waals surface area (Å²) >= 11 is 0. The number of hydrogen-bond acceptors (Lipinski definition) is 5. The number of carbonyl (C=O) groups excluding carboxylic acids is 2. The summed E-state index contributed by atoms with van der Waals surface area (Å²) in [4.78, 5) is 25.1. The third-order valence-corrected chi connectivity index (χ3v) is 4.21. The van der Waals surface area contributed by atoms with E-state index in [1.807, 2.05) is 6.92 Å². The summed E-state index contributed by atoms with van der Waals surface area (Å²) in [6, 6.07) is 5.83. The lowest BCUT2D eigenvalue weighted by Crippen LogP contribution is -2.33. The smallest absolute Gasteiger partial charge is 0.336 e. The number of hydrogen-bond donors (Lipinski definition) is 1. The molecule has 0 saturated carbocycles. The first-order chi connectivity index (χ1) is 12.4. The lowest BCUT2D eigenvalue weighted by Gasteiger charge is -2.30. The molecule has 6 heteroatoms. The van der Waals surface area contributed by atoms with Crippen LogP contribution in [0.5, 0.6) is 0 Å². The predicted octanol–water partition coefficient (Wildman–Crippen LogP) is 3.57. The van der Waals surface area contributed by atoms with E-state index in [1.54, 1.807) is 32.9 Å². The number of rotatable bonds is 6. The molecule has 0 saturated heterocycles. The van der Waals surface area contributed by atoms with E-state index >= 15 is 0 Å². The fraction of sp³-hybridized carbons (Fsp3) is 0.400. The van der Waals surface area contributed by atoms with Crippen molar-refractivity contribution in [3.05, 3.63) is 52.5 Å². The van der Waals surface area contributed by atoms with E-state index in [-0.39, 0.29) is 19.0 Å². The molecule has 140 valence electrons. The molecule has 0 aliphatic carbocycles. The number of allylic oxidation sites excluding steroid dienone is 1. The Kier molecular flexibility index (Phi) is 6.55. The lowest BCUT2D eigenvalue weighted by molar-refractivity contribution is -0.140. The number of ether oxygens (including phenoxy) is 2.